The summed E-state index contributed by atoms with van der Waals surface area (Å²) in [5.41, 5.74) is 6.46. The molecule has 3 aromatic carbocycles. The molecule has 1 N–H and O–H groups in total. The molecule has 3 aromatic rings. The third-order valence-electron chi connectivity index (χ3n) is 6.09. The van der Waals surface area contributed by atoms with Gasteiger partial charge < -0.3 is 10.2 Å². The number of hydrogen-bond acceptors (Lipinski definition) is 5. The highest BCUT2D eigenvalue weighted by atomic mass is 35.5. The first-order valence-electron chi connectivity index (χ1n) is 12.8. The average molecular weight is 516 g/mol. The van der Waals surface area contributed by atoms with Gasteiger partial charge in [-0.05, 0) is 51.9 Å². The van der Waals surface area contributed by atoms with Crippen LogP contribution < -0.4 is 10.2 Å². The van der Waals surface area contributed by atoms with E-state index >= 15 is 0 Å². The minimum atomic E-state index is -0.105. The monoisotopic (exact) mass is 515 g/mol. The largest absolute Gasteiger partial charge is 0.369 e. The van der Waals surface area contributed by atoms with E-state index in [1.54, 1.807) is 0 Å². The van der Waals surface area contributed by atoms with Gasteiger partial charge in [0.1, 0.15) is 6.54 Å². The summed E-state index contributed by atoms with van der Waals surface area (Å²) in [6, 6.07) is 21.9. The molecular formula is C30H34ClN5O. The van der Waals surface area contributed by atoms with Gasteiger partial charge in [0.2, 0.25) is 5.91 Å². The third-order valence-corrected chi connectivity index (χ3v) is 6.46. The van der Waals surface area contributed by atoms with Gasteiger partial charge in [0.25, 0.3) is 0 Å². The summed E-state index contributed by atoms with van der Waals surface area (Å²) in [6.45, 7) is 11.1. The second-order valence-electron chi connectivity index (χ2n) is 10.2. The SMILES string of the molecule is CC(C)CN(CC(C)C)c1ccc(-c2ccccc2C2=NN=NC2)cc1NC(=O)Cc1ccccc1Cl. The van der Waals surface area contributed by atoms with Crippen LogP contribution in [0.4, 0.5) is 11.4 Å². The van der Waals surface area contributed by atoms with E-state index in [-0.39, 0.29) is 12.3 Å². The van der Waals surface area contributed by atoms with E-state index in [2.05, 4.69) is 77.6 Å². The Balaban J connectivity index is 1.74. The van der Waals surface area contributed by atoms with Crippen LogP contribution in [-0.4, -0.2) is 31.3 Å². The molecule has 0 saturated heterocycles. The smallest absolute Gasteiger partial charge is 0.228 e. The van der Waals surface area contributed by atoms with Crippen LogP contribution in [0.3, 0.4) is 0 Å². The van der Waals surface area contributed by atoms with Crippen LogP contribution in [0.15, 0.2) is 82.2 Å². The van der Waals surface area contributed by atoms with Gasteiger partial charge in [-0.25, -0.2) is 0 Å². The second kappa shape index (κ2) is 12.2. The quantitative estimate of drug-likeness (QED) is 0.304. The fourth-order valence-corrected chi connectivity index (χ4v) is 4.79. The Morgan fingerprint density at radius 2 is 1.62 bits per heavy atom. The summed E-state index contributed by atoms with van der Waals surface area (Å²) in [4.78, 5) is 15.6. The summed E-state index contributed by atoms with van der Waals surface area (Å²) in [5, 5.41) is 15.8. The molecule has 0 radical (unpaired) electrons. The Kier molecular flexibility index (Phi) is 8.72. The van der Waals surface area contributed by atoms with Gasteiger partial charge in [0, 0.05) is 23.7 Å². The molecule has 1 aliphatic heterocycles. The number of nitrogens with zero attached hydrogens (tertiary/aromatic N) is 4. The highest BCUT2D eigenvalue weighted by molar-refractivity contribution is 6.31. The fraction of sp³-hybridized carbons (Fsp3) is 0.333. The highest BCUT2D eigenvalue weighted by Crippen LogP contribution is 2.35. The Bertz CT molecular complexity index is 1300. The van der Waals surface area contributed by atoms with Crippen LogP contribution in [0, 0.1) is 11.8 Å². The second-order valence-corrected chi connectivity index (χ2v) is 10.6. The number of carbonyl (C=O) groups is 1. The van der Waals surface area contributed by atoms with Gasteiger partial charge >= 0.3 is 0 Å². The summed E-state index contributed by atoms with van der Waals surface area (Å²) in [6.07, 6.45) is 0.202. The van der Waals surface area contributed by atoms with Crippen molar-refractivity contribution >= 4 is 34.6 Å². The Hall–Kier alpha value is -3.51. The summed E-state index contributed by atoms with van der Waals surface area (Å²) in [5.74, 6) is 0.837. The molecule has 7 heteroatoms. The van der Waals surface area contributed by atoms with Crippen molar-refractivity contribution in [1.29, 1.82) is 0 Å². The van der Waals surface area contributed by atoms with Crippen molar-refractivity contribution < 1.29 is 4.79 Å². The lowest BCUT2D eigenvalue weighted by Crippen LogP contribution is -2.32. The van der Waals surface area contributed by atoms with Crippen LogP contribution in [0.5, 0.6) is 0 Å². The maximum Gasteiger partial charge on any atom is 0.228 e. The molecule has 6 nitrogen and oxygen atoms in total. The van der Waals surface area contributed by atoms with Crippen molar-refractivity contribution in [3.05, 3.63) is 82.9 Å². The predicted molar refractivity (Wildman–Crippen MR) is 154 cm³/mol. The van der Waals surface area contributed by atoms with Crippen molar-refractivity contribution in [1.82, 2.24) is 0 Å². The summed E-state index contributed by atoms with van der Waals surface area (Å²) in [7, 11) is 0. The van der Waals surface area contributed by atoms with E-state index in [9.17, 15) is 4.79 Å². The van der Waals surface area contributed by atoms with E-state index < -0.39 is 0 Å². The first-order chi connectivity index (χ1) is 17.8. The Morgan fingerprint density at radius 3 is 2.27 bits per heavy atom. The number of anilines is 2. The standard InChI is InChI=1S/C30H34ClN5O/c1-20(2)18-36(19-21(3)4)29-14-13-22(24-10-6-7-11-25(24)28-17-32-35-34-28)15-27(29)33-30(37)16-23-9-5-8-12-26(23)31/h5-15,20-21H,16-19H2,1-4H3,(H,33,37). The average Bonchev–Trinajstić information content (AvgIpc) is 3.39. The maximum absolute atomic E-state index is 13.2. The first kappa shape index (κ1) is 26.6. The van der Waals surface area contributed by atoms with E-state index in [1.807, 2.05) is 42.5 Å². The van der Waals surface area contributed by atoms with E-state index in [0.717, 1.165) is 52.4 Å². The number of hydrogen-bond donors (Lipinski definition) is 1. The molecule has 192 valence electrons. The van der Waals surface area contributed by atoms with Gasteiger partial charge in [-0.3, -0.25) is 4.79 Å². The van der Waals surface area contributed by atoms with E-state index in [0.29, 0.717) is 23.4 Å². The third kappa shape index (κ3) is 6.83. The zero-order valence-electron chi connectivity index (χ0n) is 21.9. The van der Waals surface area contributed by atoms with Crippen LogP contribution in [0.25, 0.3) is 11.1 Å². The molecule has 1 heterocycles. The molecule has 37 heavy (non-hydrogen) atoms. The molecule has 4 rings (SSSR count). The predicted octanol–water partition coefficient (Wildman–Crippen LogP) is 7.48. The molecule has 0 aliphatic carbocycles. The first-order valence-corrected chi connectivity index (χ1v) is 13.1. The Labute approximate surface area is 224 Å². The molecule has 0 fully saturated rings. The summed E-state index contributed by atoms with van der Waals surface area (Å²) >= 11 is 6.34. The molecule has 0 saturated carbocycles. The van der Waals surface area contributed by atoms with Crippen molar-refractivity contribution in [2.45, 2.75) is 34.1 Å². The molecule has 0 bridgehead atoms. The molecule has 1 amide bonds. The minimum Gasteiger partial charge on any atom is -0.369 e. The fourth-order valence-electron chi connectivity index (χ4n) is 4.58. The molecule has 0 unspecified atom stereocenters. The molecular weight excluding hydrogens is 482 g/mol. The topological polar surface area (TPSA) is 69.4 Å². The number of benzene rings is 3. The lowest BCUT2D eigenvalue weighted by atomic mass is 9.95. The van der Waals surface area contributed by atoms with Crippen molar-refractivity contribution in [2.24, 2.45) is 27.3 Å². The maximum atomic E-state index is 13.2. The lowest BCUT2D eigenvalue weighted by Gasteiger charge is -2.31. The van der Waals surface area contributed by atoms with Gasteiger partial charge in [0.15, 0.2) is 0 Å². The van der Waals surface area contributed by atoms with Gasteiger partial charge in [0.05, 0.1) is 23.5 Å². The molecule has 1 aliphatic rings. The number of halogens is 1. The van der Waals surface area contributed by atoms with Crippen molar-refractivity contribution in [3.8, 4) is 11.1 Å². The van der Waals surface area contributed by atoms with Crippen LogP contribution in [-0.2, 0) is 11.2 Å². The zero-order valence-corrected chi connectivity index (χ0v) is 22.7. The van der Waals surface area contributed by atoms with E-state index in [4.69, 9.17) is 11.6 Å². The minimum absolute atomic E-state index is 0.105. The van der Waals surface area contributed by atoms with Crippen molar-refractivity contribution in [2.75, 3.05) is 29.9 Å². The summed E-state index contributed by atoms with van der Waals surface area (Å²) < 4.78 is 0. The molecule has 0 atom stereocenters. The Morgan fingerprint density at radius 1 is 0.946 bits per heavy atom. The zero-order chi connectivity index (χ0) is 26.4. The number of amides is 1. The van der Waals surface area contributed by atoms with Crippen LogP contribution in [0.2, 0.25) is 5.02 Å². The normalized spacial score (nSPS) is 12.8. The van der Waals surface area contributed by atoms with Gasteiger partial charge in [-0.15, -0.1) is 5.10 Å². The van der Waals surface area contributed by atoms with E-state index in [1.165, 1.54) is 0 Å². The molecule has 0 spiro atoms. The number of rotatable bonds is 10. The van der Waals surface area contributed by atoms with Gasteiger partial charge in [-0.2, -0.15) is 5.11 Å². The van der Waals surface area contributed by atoms with Crippen LogP contribution >= 0.6 is 11.6 Å². The van der Waals surface area contributed by atoms with Crippen molar-refractivity contribution in [3.63, 3.8) is 0 Å². The van der Waals surface area contributed by atoms with Crippen LogP contribution in [0.1, 0.15) is 38.8 Å². The number of carbonyl (C=O) groups excluding carboxylic acids is 1. The number of nitrogens with one attached hydrogen (secondary N) is 1. The van der Waals surface area contributed by atoms with Gasteiger partial charge in [-0.1, -0.05) is 87.8 Å². The molecule has 0 aromatic heterocycles. The lowest BCUT2D eigenvalue weighted by molar-refractivity contribution is -0.115. The highest BCUT2D eigenvalue weighted by Gasteiger charge is 2.19.